The van der Waals surface area contributed by atoms with Crippen LogP contribution in [0.2, 0.25) is 0 Å². The topological polar surface area (TPSA) is 24.9 Å². The number of nitrogens with one attached hydrogen (secondary N) is 1. The lowest BCUT2D eigenvalue weighted by atomic mass is 10.1. The van der Waals surface area contributed by atoms with Gasteiger partial charge in [0.2, 0.25) is 0 Å². The van der Waals surface area contributed by atoms with Crippen LogP contribution in [0.4, 0.5) is 13.2 Å². The minimum absolute atomic E-state index is 0.0584. The Hall–Kier alpha value is -1.10. The Balaban J connectivity index is 1.89. The van der Waals surface area contributed by atoms with E-state index in [1.54, 1.807) is 6.07 Å². The van der Waals surface area contributed by atoms with Gasteiger partial charge in [0.15, 0.2) is 0 Å². The molecule has 1 aromatic heterocycles. The molecule has 1 aromatic rings. The van der Waals surface area contributed by atoms with Crippen molar-refractivity contribution in [2.75, 3.05) is 6.54 Å². The minimum Gasteiger partial charge on any atom is -0.307 e. The zero-order valence-electron chi connectivity index (χ0n) is 8.51. The van der Waals surface area contributed by atoms with Crippen molar-refractivity contribution in [2.45, 2.75) is 24.6 Å². The van der Waals surface area contributed by atoms with Crippen molar-refractivity contribution in [3.8, 4) is 0 Å². The molecule has 5 heteroatoms. The molecule has 0 spiro atoms. The molecule has 2 heterocycles. The minimum atomic E-state index is -4.34. The molecule has 86 valence electrons. The van der Waals surface area contributed by atoms with E-state index in [1.807, 2.05) is 0 Å². The van der Waals surface area contributed by atoms with Gasteiger partial charge in [-0.05, 0) is 36.9 Å². The molecular formula is C11H11F3N2. The van der Waals surface area contributed by atoms with Crippen LogP contribution in [-0.4, -0.2) is 11.5 Å². The fourth-order valence-corrected chi connectivity index (χ4v) is 2.65. The second-order valence-electron chi connectivity index (χ2n) is 4.52. The molecule has 16 heavy (non-hydrogen) atoms. The molecule has 1 saturated heterocycles. The lowest BCUT2D eigenvalue weighted by molar-refractivity contribution is -0.141. The molecule has 3 rings (SSSR count). The fraction of sp³-hybridized carbons (Fsp3) is 0.545. The first kappa shape index (κ1) is 10.1. The van der Waals surface area contributed by atoms with Gasteiger partial charge in [0.1, 0.15) is 5.69 Å². The van der Waals surface area contributed by atoms with E-state index in [0.29, 0.717) is 5.92 Å². The number of hydrogen-bond acceptors (Lipinski definition) is 2. The van der Waals surface area contributed by atoms with E-state index in [1.165, 1.54) is 6.20 Å². The van der Waals surface area contributed by atoms with Gasteiger partial charge in [0, 0.05) is 11.7 Å². The second kappa shape index (κ2) is 2.97. The molecule has 1 aliphatic carbocycles. The highest BCUT2D eigenvalue weighted by atomic mass is 19.4. The molecule has 0 radical (unpaired) electrons. The summed E-state index contributed by atoms with van der Waals surface area (Å²) in [7, 11) is 0. The van der Waals surface area contributed by atoms with Crippen molar-refractivity contribution >= 4 is 0 Å². The molecule has 2 aliphatic rings. The Morgan fingerprint density at radius 2 is 2.19 bits per heavy atom. The van der Waals surface area contributed by atoms with Crippen LogP contribution in [0.1, 0.15) is 24.1 Å². The van der Waals surface area contributed by atoms with Crippen LogP contribution in [0.5, 0.6) is 0 Å². The predicted octanol–water partition coefficient (Wildman–Crippen LogP) is 2.31. The van der Waals surface area contributed by atoms with Gasteiger partial charge in [-0.1, -0.05) is 6.07 Å². The third-order valence-electron chi connectivity index (χ3n) is 3.61. The molecule has 2 unspecified atom stereocenters. The summed E-state index contributed by atoms with van der Waals surface area (Å²) >= 11 is 0. The molecule has 0 amide bonds. The summed E-state index contributed by atoms with van der Waals surface area (Å²) in [6, 6.07) is 2.62. The molecule has 0 aromatic carbocycles. The van der Waals surface area contributed by atoms with Crippen LogP contribution < -0.4 is 5.32 Å². The highest BCUT2D eigenvalue weighted by Crippen LogP contribution is 2.56. The molecule has 1 saturated carbocycles. The van der Waals surface area contributed by atoms with E-state index >= 15 is 0 Å². The Kier molecular flexibility index (Phi) is 1.87. The van der Waals surface area contributed by atoms with Crippen LogP contribution in [-0.2, 0) is 11.7 Å². The Labute approximate surface area is 90.9 Å². The van der Waals surface area contributed by atoms with Gasteiger partial charge in [-0.25, -0.2) is 0 Å². The van der Waals surface area contributed by atoms with Gasteiger partial charge < -0.3 is 5.32 Å². The zero-order valence-corrected chi connectivity index (χ0v) is 8.51. The Bertz CT molecular complexity index is 412. The smallest absolute Gasteiger partial charge is 0.307 e. The third-order valence-corrected chi connectivity index (χ3v) is 3.61. The summed E-state index contributed by atoms with van der Waals surface area (Å²) in [6.07, 6.45) is -0.843. The number of halogens is 3. The monoisotopic (exact) mass is 228 g/mol. The van der Waals surface area contributed by atoms with Gasteiger partial charge in [0.25, 0.3) is 0 Å². The van der Waals surface area contributed by atoms with Crippen LogP contribution in [0.25, 0.3) is 0 Å². The number of hydrogen-bond donors (Lipinski definition) is 1. The number of fused-ring (bicyclic) bond motifs is 1. The number of aromatic nitrogens is 1. The number of pyridine rings is 1. The molecule has 2 fully saturated rings. The summed E-state index contributed by atoms with van der Waals surface area (Å²) in [5.74, 6) is 0.589. The van der Waals surface area contributed by atoms with E-state index in [9.17, 15) is 13.2 Å². The highest BCUT2D eigenvalue weighted by Gasteiger charge is 2.58. The lowest BCUT2D eigenvalue weighted by Gasteiger charge is -2.14. The standard InChI is InChI=1S/C11H11F3N2/c12-11(13,14)9-2-1-8(6-15-9)10-5-7(10)3-4-16-10/h1-2,6-7,16H,3-5H2. The fourth-order valence-electron chi connectivity index (χ4n) is 2.65. The average Bonchev–Trinajstić information content (AvgIpc) is 2.81. The van der Waals surface area contributed by atoms with Gasteiger partial charge in [0.05, 0.1) is 0 Å². The van der Waals surface area contributed by atoms with Crippen molar-refractivity contribution in [3.63, 3.8) is 0 Å². The summed E-state index contributed by atoms with van der Waals surface area (Å²) in [4.78, 5) is 3.50. The lowest BCUT2D eigenvalue weighted by Crippen LogP contribution is -2.26. The van der Waals surface area contributed by atoms with Crippen molar-refractivity contribution < 1.29 is 13.2 Å². The summed E-state index contributed by atoms with van der Waals surface area (Å²) in [5.41, 5.74) is 0.0165. The van der Waals surface area contributed by atoms with Crippen LogP contribution in [0.3, 0.4) is 0 Å². The quantitative estimate of drug-likeness (QED) is 0.797. The average molecular weight is 228 g/mol. The molecule has 2 atom stereocenters. The van der Waals surface area contributed by atoms with Gasteiger partial charge in [-0.2, -0.15) is 13.2 Å². The first-order chi connectivity index (χ1) is 7.52. The number of piperidine rings is 1. The first-order valence-corrected chi connectivity index (χ1v) is 5.31. The van der Waals surface area contributed by atoms with E-state index < -0.39 is 11.9 Å². The maximum atomic E-state index is 12.3. The second-order valence-corrected chi connectivity index (χ2v) is 4.52. The van der Waals surface area contributed by atoms with E-state index in [4.69, 9.17) is 0 Å². The SMILES string of the molecule is FC(F)(F)c1ccc(C23CC2CCN3)cn1. The highest BCUT2D eigenvalue weighted by molar-refractivity contribution is 5.33. The molecule has 1 aliphatic heterocycles. The van der Waals surface area contributed by atoms with Crippen LogP contribution in [0.15, 0.2) is 18.3 Å². The summed E-state index contributed by atoms with van der Waals surface area (Å²) < 4.78 is 37.0. The number of nitrogens with zero attached hydrogens (tertiary/aromatic N) is 1. The third kappa shape index (κ3) is 1.34. The van der Waals surface area contributed by atoms with E-state index in [-0.39, 0.29) is 5.54 Å². The summed E-state index contributed by atoms with van der Waals surface area (Å²) in [5, 5.41) is 3.36. The molecule has 2 nitrogen and oxygen atoms in total. The normalized spacial score (nSPS) is 32.6. The Morgan fingerprint density at radius 3 is 2.62 bits per heavy atom. The number of alkyl halides is 3. The summed E-state index contributed by atoms with van der Waals surface area (Å²) in [6.45, 7) is 0.950. The predicted molar refractivity (Wildman–Crippen MR) is 51.6 cm³/mol. The first-order valence-electron chi connectivity index (χ1n) is 5.31. The van der Waals surface area contributed by atoms with Crippen molar-refractivity contribution in [3.05, 3.63) is 29.6 Å². The van der Waals surface area contributed by atoms with E-state index in [0.717, 1.165) is 31.0 Å². The molecule has 1 N–H and O–H groups in total. The zero-order chi connectivity index (χ0) is 11.4. The molecular weight excluding hydrogens is 217 g/mol. The molecule has 0 bridgehead atoms. The van der Waals surface area contributed by atoms with Gasteiger partial charge in [-0.3, -0.25) is 4.98 Å². The maximum absolute atomic E-state index is 12.3. The Morgan fingerprint density at radius 1 is 1.38 bits per heavy atom. The maximum Gasteiger partial charge on any atom is 0.433 e. The van der Waals surface area contributed by atoms with Crippen molar-refractivity contribution in [2.24, 2.45) is 5.92 Å². The van der Waals surface area contributed by atoms with Gasteiger partial charge in [-0.15, -0.1) is 0 Å². The largest absolute Gasteiger partial charge is 0.433 e. The van der Waals surface area contributed by atoms with Crippen molar-refractivity contribution in [1.29, 1.82) is 0 Å². The van der Waals surface area contributed by atoms with Gasteiger partial charge >= 0.3 is 6.18 Å². The van der Waals surface area contributed by atoms with E-state index in [2.05, 4.69) is 10.3 Å². The number of rotatable bonds is 1. The van der Waals surface area contributed by atoms with Crippen LogP contribution in [0, 0.1) is 5.92 Å². The van der Waals surface area contributed by atoms with Crippen LogP contribution >= 0.6 is 0 Å². The van der Waals surface area contributed by atoms with Crippen molar-refractivity contribution in [1.82, 2.24) is 10.3 Å².